The highest BCUT2D eigenvalue weighted by Gasteiger charge is 2.33. The molecule has 1 fully saturated rings. The Morgan fingerprint density at radius 1 is 0.833 bits per heavy atom. The molecule has 1 heterocycles. The first-order valence-electron chi connectivity index (χ1n) is 10.8. The average molecular weight is 398 g/mol. The van der Waals surface area contributed by atoms with Crippen LogP contribution >= 0.6 is 0 Å². The maximum Gasteiger partial charge on any atom is 0.128 e. The second kappa shape index (κ2) is 8.33. The Morgan fingerprint density at radius 3 is 2.10 bits per heavy atom. The van der Waals surface area contributed by atoms with Gasteiger partial charge in [-0.15, -0.1) is 0 Å². The summed E-state index contributed by atoms with van der Waals surface area (Å²) in [6.45, 7) is 6.51. The zero-order chi connectivity index (χ0) is 20.3. The lowest BCUT2D eigenvalue weighted by molar-refractivity contribution is 0.114. The van der Waals surface area contributed by atoms with Gasteiger partial charge in [0.25, 0.3) is 0 Å². The highest BCUT2D eigenvalue weighted by atomic mass is 16.5. The van der Waals surface area contributed by atoms with Crippen LogP contribution in [0.5, 0.6) is 5.75 Å². The zero-order valence-corrected chi connectivity index (χ0v) is 17.4. The molecular formula is C26H27N3O. The topological polar surface area (TPSA) is 28.1 Å². The summed E-state index contributed by atoms with van der Waals surface area (Å²) >= 11 is 0. The summed E-state index contributed by atoms with van der Waals surface area (Å²) in [7, 11) is 0. The third-order valence-electron chi connectivity index (χ3n) is 6.04. The molecule has 0 N–H and O–H groups in total. The summed E-state index contributed by atoms with van der Waals surface area (Å²) in [5.41, 5.74) is 6.65. The first-order valence-corrected chi connectivity index (χ1v) is 10.8. The van der Waals surface area contributed by atoms with Crippen molar-refractivity contribution in [1.82, 2.24) is 9.91 Å². The molecule has 2 aliphatic rings. The van der Waals surface area contributed by atoms with E-state index in [1.165, 1.54) is 22.3 Å². The fourth-order valence-corrected chi connectivity index (χ4v) is 4.63. The molecule has 4 heteroatoms. The molecule has 3 aromatic carbocycles. The van der Waals surface area contributed by atoms with E-state index in [1.54, 1.807) is 0 Å². The van der Waals surface area contributed by atoms with Gasteiger partial charge in [0.2, 0.25) is 0 Å². The fourth-order valence-electron chi connectivity index (χ4n) is 4.63. The van der Waals surface area contributed by atoms with Gasteiger partial charge in [0.15, 0.2) is 0 Å². The summed E-state index contributed by atoms with van der Waals surface area (Å²) in [4.78, 5) is 2.60. The van der Waals surface area contributed by atoms with Gasteiger partial charge >= 0.3 is 0 Å². The molecule has 1 aliphatic heterocycles. The van der Waals surface area contributed by atoms with Crippen molar-refractivity contribution in [3.05, 3.63) is 89.5 Å². The van der Waals surface area contributed by atoms with Gasteiger partial charge in [-0.25, -0.2) is 0 Å². The van der Waals surface area contributed by atoms with Gasteiger partial charge in [-0.1, -0.05) is 60.7 Å². The van der Waals surface area contributed by atoms with Crippen LogP contribution in [0.3, 0.4) is 0 Å². The second-order valence-corrected chi connectivity index (χ2v) is 7.78. The molecule has 0 unspecified atom stereocenters. The Kier molecular flexibility index (Phi) is 5.24. The van der Waals surface area contributed by atoms with Gasteiger partial charge in [0, 0.05) is 31.7 Å². The van der Waals surface area contributed by atoms with Crippen LogP contribution in [-0.4, -0.2) is 48.9 Å². The molecule has 4 nitrogen and oxygen atoms in total. The minimum atomic E-state index is 0.349. The van der Waals surface area contributed by atoms with Gasteiger partial charge in [-0.2, -0.15) is 5.10 Å². The van der Waals surface area contributed by atoms with Crippen molar-refractivity contribution >= 4 is 6.21 Å². The van der Waals surface area contributed by atoms with Crippen molar-refractivity contribution in [2.45, 2.75) is 13.0 Å². The van der Waals surface area contributed by atoms with Gasteiger partial charge in [-0.05, 0) is 41.3 Å². The van der Waals surface area contributed by atoms with Crippen molar-refractivity contribution < 1.29 is 4.74 Å². The average Bonchev–Trinajstić information content (AvgIpc) is 3.14. The molecule has 0 aromatic heterocycles. The number of hydrogen-bond acceptors (Lipinski definition) is 4. The number of benzene rings is 3. The third kappa shape index (κ3) is 3.48. The second-order valence-electron chi connectivity index (χ2n) is 7.78. The Hall–Kier alpha value is -3.11. The number of fused-ring (bicyclic) bond motifs is 3. The van der Waals surface area contributed by atoms with E-state index in [0.29, 0.717) is 12.6 Å². The Bertz CT molecular complexity index is 1010. The molecule has 152 valence electrons. The third-order valence-corrected chi connectivity index (χ3v) is 6.04. The van der Waals surface area contributed by atoms with Crippen molar-refractivity contribution in [3.8, 4) is 16.9 Å². The lowest BCUT2D eigenvalue weighted by Gasteiger charge is -2.37. The van der Waals surface area contributed by atoms with E-state index in [0.717, 1.165) is 37.5 Å². The molecule has 3 aromatic rings. The van der Waals surface area contributed by atoms with Gasteiger partial charge < -0.3 is 4.74 Å². The van der Waals surface area contributed by atoms with Crippen LogP contribution < -0.4 is 4.74 Å². The number of piperazine rings is 1. The van der Waals surface area contributed by atoms with Crippen LogP contribution in [0, 0.1) is 0 Å². The van der Waals surface area contributed by atoms with E-state index >= 15 is 0 Å². The van der Waals surface area contributed by atoms with Gasteiger partial charge in [0.1, 0.15) is 5.75 Å². The molecule has 0 spiro atoms. The zero-order valence-electron chi connectivity index (χ0n) is 17.4. The number of para-hydroxylation sites is 1. The van der Waals surface area contributed by atoms with Crippen LogP contribution in [0.15, 0.2) is 77.9 Å². The highest BCUT2D eigenvalue weighted by Crippen LogP contribution is 2.46. The summed E-state index contributed by atoms with van der Waals surface area (Å²) in [5, 5.41) is 6.92. The van der Waals surface area contributed by atoms with Crippen molar-refractivity contribution in [2.75, 3.05) is 32.8 Å². The summed E-state index contributed by atoms with van der Waals surface area (Å²) in [6, 6.07) is 26.1. The van der Waals surface area contributed by atoms with Crippen LogP contribution in [0.1, 0.15) is 29.7 Å². The molecule has 0 radical (unpaired) electrons. The standard InChI is InChI=1S/C26H27N3O/c1-2-30-25-14-8-3-9-20(25)19-27-29-17-15-28(16-18-29)26-23-12-6-4-10-21(23)22-11-5-7-13-24(22)26/h3-14,19,26H,2,15-18H2,1H3/b27-19-. The van der Waals surface area contributed by atoms with E-state index in [9.17, 15) is 0 Å². The molecule has 5 rings (SSSR count). The molecule has 1 aliphatic carbocycles. The summed E-state index contributed by atoms with van der Waals surface area (Å²) in [6.07, 6.45) is 1.93. The first kappa shape index (κ1) is 18.9. The van der Waals surface area contributed by atoms with E-state index in [-0.39, 0.29) is 0 Å². The van der Waals surface area contributed by atoms with E-state index in [4.69, 9.17) is 9.84 Å². The maximum atomic E-state index is 5.71. The molecular weight excluding hydrogens is 370 g/mol. The van der Waals surface area contributed by atoms with Crippen LogP contribution in [0.2, 0.25) is 0 Å². The predicted molar refractivity (Wildman–Crippen MR) is 122 cm³/mol. The number of ether oxygens (including phenoxy) is 1. The smallest absolute Gasteiger partial charge is 0.128 e. The molecule has 0 saturated carbocycles. The lowest BCUT2D eigenvalue weighted by atomic mass is 10.0. The number of hydrazone groups is 1. The number of nitrogens with zero attached hydrogens (tertiary/aromatic N) is 3. The monoisotopic (exact) mass is 397 g/mol. The van der Waals surface area contributed by atoms with Crippen LogP contribution in [0.25, 0.3) is 11.1 Å². The van der Waals surface area contributed by atoms with Crippen LogP contribution in [0.4, 0.5) is 0 Å². The first-order chi connectivity index (χ1) is 14.8. The van der Waals surface area contributed by atoms with Gasteiger partial charge in [-0.3, -0.25) is 9.91 Å². The predicted octanol–water partition coefficient (Wildman–Crippen LogP) is 4.81. The SMILES string of the molecule is CCOc1ccccc1/C=N\N1CCN(C2c3ccccc3-c3ccccc32)CC1. The van der Waals surface area contributed by atoms with E-state index < -0.39 is 0 Å². The van der Waals surface area contributed by atoms with E-state index in [1.807, 2.05) is 31.3 Å². The normalized spacial score (nSPS) is 16.6. The lowest BCUT2D eigenvalue weighted by Crippen LogP contribution is -2.45. The quantitative estimate of drug-likeness (QED) is 0.579. The molecule has 0 bridgehead atoms. The summed E-state index contributed by atoms with van der Waals surface area (Å²) in [5.74, 6) is 0.890. The molecule has 0 amide bonds. The Morgan fingerprint density at radius 2 is 1.43 bits per heavy atom. The maximum absolute atomic E-state index is 5.71. The Labute approximate surface area is 178 Å². The van der Waals surface area contributed by atoms with Gasteiger partial charge in [0.05, 0.1) is 18.9 Å². The molecule has 1 saturated heterocycles. The molecule has 30 heavy (non-hydrogen) atoms. The number of hydrogen-bond donors (Lipinski definition) is 0. The number of rotatable bonds is 5. The van der Waals surface area contributed by atoms with Crippen molar-refractivity contribution in [3.63, 3.8) is 0 Å². The van der Waals surface area contributed by atoms with Crippen molar-refractivity contribution in [1.29, 1.82) is 0 Å². The minimum absolute atomic E-state index is 0.349. The molecule has 0 atom stereocenters. The Balaban J connectivity index is 1.30. The highest BCUT2D eigenvalue weighted by molar-refractivity contribution is 5.83. The van der Waals surface area contributed by atoms with Crippen molar-refractivity contribution in [2.24, 2.45) is 5.10 Å². The summed E-state index contributed by atoms with van der Waals surface area (Å²) < 4.78 is 5.71. The fraction of sp³-hybridized carbons (Fsp3) is 0.269. The van der Waals surface area contributed by atoms with Crippen LogP contribution in [-0.2, 0) is 0 Å². The largest absolute Gasteiger partial charge is 0.493 e. The van der Waals surface area contributed by atoms with E-state index in [2.05, 4.69) is 64.5 Å². The minimum Gasteiger partial charge on any atom is -0.493 e.